The highest BCUT2D eigenvalue weighted by Gasteiger charge is 2.31. The molecule has 1 unspecified atom stereocenters. The molecule has 11 heteroatoms. The Labute approximate surface area is 147 Å². The third kappa shape index (κ3) is 4.67. The van der Waals surface area contributed by atoms with Crippen molar-refractivity contribution in [2.24, 2.45) is 0 Å². The topological polar surface area (TPSA) is 88.8 Å². The lowest BCUT2D eigenvalue weighted by Gasteiger charge is -2.34. The van der Waals surface area contributed by atoms with Crippen LogP contribution in [0, 0.1) is 0 Å². The number of rotatable bonds is 5. The number of nitrogens with zero attached hydrogens (tertiary/aromatic N) is 6. The van der Waals surface area contributed by atoms with Crippen LogP contribution in [0.3, 0.4) is 0 Å². The summed E-state index contributed by atoms with van der Waals surface area (Å²) in [6, 6.07) is 2.32. The summed E-state index contributed by atoms with van der Waals surface area (Å²) in [4.78, 5) is 17.9. The van der Waals surface area contributed by atoms with E-state index in [1.807, 2.05) is 4.90 Å². The molecule has 3 heterocycles. The number of alkyl halides is 3. The molecule has 2 aromatic heterocycles. The SMILES string of the molecule is O=C(CCn1cnnn1)NC1CCCN(c2ccc(C(F)(F)F)cn2)C1. The van der Waals surface area contributed by atoms with Crippen LogP contribution in [-0.2, 0) is 17.5 Å². The van der Waals surface area contributed by atoms with E-state index in [9.17, 15) is 18.0 Å². The Morgan fingerprint density at radius 2 is 2.19 bits per heavy atom. The van der Waals surface area contributed by atoms with Crippen molar-refractivity contribution in [2.75, 3.05) is 18.0 Å². The summed E-state index contributed by atoms with van der Waals surface area (Å²) >= 11 is 0. The first-order chi connectivity index (χ1) is 12.4. The Kier molecular flexibility index (Phi) is 5.33. The van der Waals surface area contributed by atoms with Gasteiger partial charge in [-0.1, -0.05) is 0 Å². The summed E-state index contributed by atoms with van der Waals surface area (Å²) in [6.45, 7) is 1.58. The van der Waals surface area contributed by atoms with Crippen LogP contribution in [0.5, 0.6) is 0 Å². The van der Waals surface area contributed by atoms with Gasteiger partial charge in [0.25, 0.3) is 0 Å². The number of aryl methyl sites for hydroxylation is 1. The molecule has 1 fully saturated rings. The molecular weight excluding hydrogens is 351 g/mol. The van der Waals surface area contributed by atoms with Crippen molar-refractivity contribution in [1.82, 2.24) is 30.5 Å². The molecule has 26 heavy (non-hydrogen) atoms. The van der Waals surface area contributed by atoms with Gasteiger partial charge in [0.05, 0.1) is 12.1 Å². The van der Waals surface area contributed by atoms with E-state index in [1.165, 1.54) is 17.1 Å². The molecule has 8 nitrogen and oxygen atoms in total. The maximum absolute atomic E-state index is 12.6. The van der Waals surface area contributed by atoms with E-state index in [0.29, 0.717) is 25.5 Å². The van der Waals surface area contributed by atoms with Gasteiger partial charge in [-0.05, 0) is 35.4 Å². The van der Waals surface area contributed by atoms with E-state index in [1.54, 1.807) is 0 Å². The van der Waals surface area contributed by atoms with Crippen molar-refractivity contribution in [1.29, 1.82) is 0 Å². The number of halogens is 3. The smallest absolute Gasteiger partial charge is 0.355 e. The molecule has 0 bridgehead atoms. The number of hydrogen-bond donors (Lipinski definition) is 1. The minimum absolute atomic E-state index is 0.0748. The second kappa shape index (κ2) is 7.67. The molecule has 0 aromatic carbocycles. The number of hydrogen-bond acceptors (Lipinski definition) is 6. The third-order valence-electron chi connectivity index (χ3n) is 4.15. The van der Waals surface area contributed by atoms with Gasteiger partial charge >= 0.3 is 6.18 Å². The van der Waals surface area contributed by atoms with Crippen molar-refractivity contribution >= 4 is 11.7 Å². The minimum atomic E-state index is -4.40. The molecule has 3 rings (SSSR count). The van der Waals surface area contributed by atoms with Crippen LogP contribution in [0.2, 0.25) is 0 Å². The number of tetrazole rings is 1. The fourth-order valence-electron chi connectivity index (χ4n) is 2.84. The fourth-order valence-corrected chi connectivity index (χ4v) is 2.84. The van der Waals surface area contributed by atoms with Gasteiger partial charge in [0, 0.05) is 31.7 Å². The number of carbonyl (C=O) groups is 1. The summed E-state index contributed by atoms with van der Waals surface area (Å²) in [5.41, 5.74) is -0.772. The average molecular weight is 369 g/mol. The van der Waals surface area contributed by atoms with Gasteiger partial charge in [0.15, 0.2) is 0 Å². The van der Waals surface area contributed by atoms with Gasteiger partial charge in [0.2, 0.25) is 5.91 Å². The third-order valence-corrected chi connectivity index (χ3v) is 4.15. The molecule has 1 aliphatic heterocycles. The van der Waals surface area contributed by atoms with E-state index in [2.05, 4.69) is 25.8 Å². The van der Waals surface area contributed by atoms with Crippen molar-refractivity contribution in [2.45, 2.75) is 38.0 Å². The Hall–Kier alpha value is -2.72. The number of amides is 1. The largest absolute Gasteiger partial charge is 0.417 e. The van der Waals surface area contributed by atoms with Gasteiger partial charge in [0.1, 0.15) is 12.1 Å². The molecule has 0 saturated carbocycles. The second-order valence-corrected chi connectivity index (χ2v) is 6.08. The van der Waals surface area contributed by atoms with E-state index in [4.69, 9.17) is 0 Å². The minimum Gasteiger partial charge on any atom is -0.355 e. The number of anilines is 1. The summed E-state index contributed by atoms with van der Waals surface area (Å²) in [7, 11) is 0. The van der Waals surface area contributed by atoms with Crippen LogP contribution >= 0.6 is 0 Å². The molecule has 140 valence electrons. The van der Waals surface area contributed by atoms with Gasteiger partial charge in [-0.3, -0.25) is 4.79 Å². The first kappa shape index (κ1) is 18.1. The number of carbonyl (C=O) groups excluding carboxylic acids is 1. The predicted octanol–water partition coefficient (Wildman–Crippen LogP) is 1.26. The summed E-state index contributed by atoms with van der Waals surface area (Å²) in [5, 5.41) is 13.6. The Balaban J connectivity index is 1.52. The number of aromatic nitrogens is 5. The Bertz CT molecular complexity index is 718. The van der Waals surface area contributed by atoms with Gasteiger partial charge < -0.3 is 10.2 Å². The van der Waals surface area contributed by atoms with Crippen LogP contribution < -0.4 is 10.2 Å². The average Bonchev–Trinajstić information content (AvgIpc) is 3.13. The molecule has 1 aliphatic rings. The highest BCUT2D eigenvalue weighted by molar-refractivity contribution is 5.76. The zero-order chi connectivity index (χ0) is 18.6. The van der Waals surface area contributed by atoms with Crippen molar-refractivity contribution in [3.05, 3.63) is 30.2 Å². The molecule has 0 radical (unpaired) electrons. The monoisotopic (exact) mass is 369 g/mol. The van der Waals surface area contributed by atoms with Crippen LogP contribution in [0.1, 0.15) is 24.8 Å². The maximum atomic E-state index is 12.6. The first-order valence-electron chi connectivity index (χ1n) is 8.20. The van der Waals surface area contributed by atoms with Gasteiger partial charge in [-0.15, -0.1) is 5.10 Å². The number of nitrogens with one attached hydrogen (secondary N) is 1. The van der Waals surface area contributed by atoms with Crippen LogP contribution in [0.4, 0.5) is 19.0 Å². The molecular formula is C15H18F3N7O. The predicted molar refractivity (Wildman–Crippen MR) is 85.1 cm³/mol. The molecule has 2 aromatic rings. The molecule has 1 N–H and O–H groups in total. The Morgan fingerprint density at radius 3 is 2.85 bits per heavy atom. The fraction of sp³-hybridized carbons (Fsp3) is 0.533. The molecule has 0 aliphatic carbocycles. The molecule has 1 saturated heterocycles. The first-order valence-corrected chi connectivity index (χ1v) is 8.20. The summed E-state index contributed by atoms with van der Waals surface area (Å²) < 4.78 is 39.4. The normalized spacial score (nSPS) is 18.0. The molecule has 1 atom stereocenters. The van der Waals surface area contributed by atoms with Gasteiger partial charge in [-0.2, -0.15) is 13.2 Å². The lowest BCUT2D eigenvalue weighted by Crippen LogP contribution is -2.48. The lowest BCUT2D eigenvalue weighted by atomic mass is 10.1. The van der Waals surface area contributed by atoms with Crippen LogP contribution in [0.25, 0.3) is 0 Å². The quantitative estimate of drug-likeness (QED) is 0.854. The zero-order valence-electron chi connectivity index (χ0n) is 13.9. The van der Waals surface area contributed by atoms with Crippen molar-refractivity contribution < 1.29 is 18.0 Å². The lowest BCUT2D eigenvalue weighted by molar-refractivity contribution is -0.137. The molecule has 0 spiro atoms. The standard InChI is InChI=1S/C15H18F3N7O/c16-15(17,18)11-3-4-13(19-8-11)24-6-1-2-12(9-24)21-14(26)5-7-25-10-20-22-23-25/h3-4,8,10,12H,1-2,5-7,9H2,(H,21,26). The van der Waals surface area contributed by atoms with E-state index >= 15 is 0 Å². The Morgan fingerprint density at radius 1 is 1.35 bits per heavy atom. The van der Waals surface area contributed by atoms with E-state index in [0.717, 1.165) is 25.1 Å². The molecule has 1 amide bonds. The summed E-state index contributed by atoms with van der Waals surface area (Å²) in [6.07, 6.45) is -0.242. The number of piperidine rings is 1. The second-order valence-electron chi connectivity index (χ2n) is 6.08. The van der Waals surface area contributed by atoms with Crippen LogP contribution in [-0.4, -0.2) is 50.2 Å². The van der Waals surface area contributed by atoms with Crippen molar-refractivity contribution in [3.8, 4) is 0 Å². The highest BCUT2D eigenvalue weighted by atomic mass is 19.4. The van der Waals surface area contributed by atoms with Crippen LogP contribution in [0.15, 0.2) is 24.7 Å². The van der Waals surface area contributed by atoms with E-state index < -0.39 is 11.7 Å². The number of pyridine rings is 1. The van der Waals surface area contributed by atoms with Crippen molar-refractivity contribution in [3.63, 3.8) is 0 Å². The highest BCUT2D eigenvalue weighted by Crippen LogP contribution is 2.29. The summed E-state index contributed by atoms with van der Waals surface area (Å²) in [5.74, 6) is 0.360. The maximum Gasteiger partial charge on any atom is 0.417 e. The van der Waals surface area contributed by atoms with E-state index in [-0.39, 0.29) is 18.4 Å². The van der Waals surface area contributed by atoms with Gasteiger partial charge in [-0.25, -0.2) is 9.67 Å². The zero-order valence-corrected chi connectivity index (χ0v) is 13.9.